The van der Waals surface area contributed by atoms with E-state index in [1.54, 1.807) is 18.2 Å². The van der Waals surface area contributed by atoms with E-state index < -0.39 is 4.92 Å². The Kier molecular flexibility index (Phi) is 2.06. The molecule has 0 N–H and O–H groups in total. The van der Waals surface area contributed by atoms with Crippen molar-refractivity contribution in [2.45, 2.75) is 0 Å². The number of fused-ring (bicyclic) bond motifs is 1. The minimum absolute atomic E-state index is 0.196. The van der Waals surface area contributed by atoms with E-state index in [-0.39, 0.29) is 6.79 Å². The van der Waals surface area contributed by atoms with Gasteiger partial charge in [-0.2, -0.15) is 11.6 Å². The fraction of sp³-hybridized carbons (Fsp3) is 0.111. The Morgan fingerprint density at radius 3 is 3.00 bits per heavy atom. The van der Waals surface area contributed by atoms with E-state index >= 15 is 0 Å². The molecule has 0 aliphatic carbocycles. The Hall–Kier alpha value is -2.04. The monoisotopic (exact) mass is 192 g/mol. The second kappa shape index (κ2) is 3.37. The topological polar surface area (TPSA) is 61.6 Å². The van der Waals surface area contributed by atoms with Gasteiger partial charge in [0.15, 0.2) is 5.75 Å². The zero-order valence-corrected chi connectivity index (χ0v) is 7.10. The molecule has 0 fully saturated rings. The Bertz CT molecular complexity index is 400. The molecule has 1 aliphatic rings. The molecular weight excluding hydrogens is 186 g/mol. The smallest absolute Gasteiger partial charge is 0.231 e. The minimum atomic E-state index is -0.634. The van der Waals surface area contributed by atoms with Crippen molar-refractivity contribution in [1.29, 1.82) is 0 Å². The third-order valence-corrected chi connectivity index (χ3v) is 1.73. The zero-order chi connectivity index (χ0) is 9.97. The van der Waals surface area contributed by atoms with Crippen molar-refractivity contribution in [3.63, 3.8) is 0 Å². The maximum absolute atomic E-state index is 10.0. The van der Waals surface area contributed by atoms with Gasteiger partial charge in [-0.25, -0.2) is 0 Å². The van der Waals surface area contributed by atoms with E-state index in [9.17, 15) is 10.1 Å². The summed E-state index contributed by atoms with van der Waals surface area (Å²) in [4.78, 5) is 9.38. The van der Waals surface area contributed by atoms with Crippen molar-refractivity contribution in [3.05, 3.63) is 40.1 Å². The van der Waals surface area contributed by atoms with Gasteiger partial charge in [0.25, 0.3) is 0 Å². The summed E-state index contributed by atoms with van der Waals surface area (Å²) in [5.74, 6) is 1.26. The van der Waals surface area contributed by atoms with Crippen LogP contribution in [0.1, 0.15) is 5.56 Å². The highest BCUT2D eigenvalue weighted by atomic mass is 16.7. The molecule has 0 unspecified atom stereocenters. The summed E-state index contributed by atoms with van der Waals surface area (Å²) in [5.41, 5.74) is 0.658. The number of rotatable bonds is 2. The lowest BCUT2D eigenvalue weighted by atomic mass is 10.2. The molecule has 0 saturated carbocycles. The molecule has 0 aromatic heterocycles. The van der Waals surface area contributed by atoms with Gasteiger partial charge in [0.1, 0.15) is 11.9 Å². The summed E-state index contributed by atoms with van der Waals surface area (Å²) in [6.07, 6.45) is 3.23. The van der Waals surface area contributed by atoms with Crippen molar-refractivity contribution in [2.24, 2.45) is 0 Å². The molecule has 1 aliphatic heterocycles. The van der Waals surface area contributed by atoms with Gasteiger partial charge >= 0.3 is 0 Å². The van der Waals surface area contributed by atoms with E-state index in [1.807, 2.05) is 6.20 Å². The molecule has 0 saturated heterocycles. The first-order valence-corrected chi connectivity index (χ1v) is 3.89. The first-order valence-electron chi connectivity index (χ1n) is 3.89. The number of nitrogens with zero attached hydrogens (tertiary/aromatic N) is 1. The fourth-order valence-electron chi connectivity index (χ4n) is 1.13. The molecule has 72 valence electrons. The Morgan fingerprint density at radius 1 is 1.43 bits per heavy atom. The van der Waals surface area contributed by atoms with Gasteiger partial charge in [-0.05, 0) is 11.0 Å². The maximum atomic E-state index is 10.0. The first kappa shape index (κ1) is 8.55. The average molecular weight is 192 g/mol. The van der Waals surface area contributed by atoms with Crippen LogP contribution >= 0.6 is 0 Å². The van der Waals surface area contributed by atoms with Gasteiger partial charge in [0, 0.05) is 0 Å². The van der Waals surface area contributed by atoms with Crippen LogP contribution < -0.4 is 9.47 Å². The number of hydrogen-bond donors (Lipinski definition) is 0. The van der Waals surface area contributed by atoms with Gasteiger partial charge in [-0.15, -0.1) is 6.07 Å². The van der Waals surface area contributed by atoms with E-state index in [2.05, 4.69) is 0 Å². The van der Waals surface area contributed by atoms with Gasteiger partial charge in [-0.3, -0.25) is 10.1 Å². The van der Waals surface area contributed by atoms with Crippen molar-refractivity contribution in [3.8, 4) is 11.5 Å². The minimum Gasteiger partial charge on any atom is -0.455 e. The highest BCUT2D eigenvalue weighted by Crippen LogP contribution is 2.32. The second-order valence-corrected chi connectivity index (χ2v) is 2.64. The van der Waals surface area contributed by atoms with E-state index in [4.69, 9.17) is 9.47 Å². The van der Waals surface area contributed by atoms with Crippen molar-refractivity contribution in [2.75, 3.05) is 6.79 Å². The summed E-state index contributed by atoms with van der Waals surface area (Å²) in [6.45, 7) is 0.196. The molecular formula is C9H6NO4-. The summed E-state index contributed by atoms with van der Waals surface area (Å²) in [6, 6.07) is 5.07. The van der Waals surface area contributed by atoms with Gasteiger partial charge in [0.2, 0.25) is 6.79 Å². The van der Waals surface area contributed by atoms with Crippen LogP contribution in [0.25, 0.3) is 6.08 Å². The molecule has 5 nitrogen and oxygen atoms in total. The molecule has 1 aromatic rings. The van der Waals surface area contributed by atoms with Crippen LogP contribution in [0.2, 0.25) is 0 Å². The molecule has 1 aromatic carbocycles. The summed E-state index contributed by atoms with van der Waals surface area (Å²) in [5, 5.41) is 10.0. The second-order valence-electron chi connectivity index (χ2n) is 2.64. The van der Waals surface area contributed by atoms with Crippen LogP contribution in [0.5, 0.6) is 11.5 Å². The predicted octanol–water partition coefficient (Wildman–Crippen LogP) is 1.47. The van der Waals surface area contributed by atoms with Crippen LogP contribution in [-0.2, 0) is 0 Å². The summed E-state index contributed by atoms with van der Waals surface area (Å²) in [7, 11) is 0. The lowest BCUT2D eigenvalue weighted by molar-refractivity contribution is -0.417. The Balaban J connectivity index is 2.25. The lowest BCUT2D eigenvalue weighted by Gasteiger charge is -2.02. The summed E-state index contributed by atoms with van der Waals surface area (Å²) < 4.78 is 10.2. The van der Waals surface area contributed by atoms with Crippen LogP contribution in [0.15, 0.2) is 18.2 Å². The maximum Gasteiger partial charge on any atom is 0.231 e. The lowest BCUT2D eigenvalue weighted by Crippen LogP contribution is -1.92. The normalized spacial score (nSPS) is 13.4. The Morgan fingerprint density at radius 2 is 2.21 bits per heavy atom. The van der Waals surface area contributed by atoms with Gasteiger partial charge in [-0.1, -0.05) is 6.07 Å². The molecule has 14 heavy (non-hydrogen) atoms. The number of nitro groups is 1. The number of ether oxygens (including phenoxy) is 2. The fourth-order valence-corrected chi connectivity index (χ4v) is 1.13. The van der Waals surface area contributed by atoms with Gasteiger partial charge in [0.05, 0.1) is 0 Å². The molecule has 0 bridgehead atoms. The van der Waals surface area contributed by atoms with Crippen molar-refractivity contribution < 1.29 is 14.4 Å². The molecule has 0 amide bonds. The number of hydrogen-bond acceptors (Lipinski definition) is 4. The quantitative estimate of drug-likeness (QED) is 0.308. The van der Waals surface area contributed by atoms with Crippen molar-refractivity contribution >= 4 is 6.08 Å². The van der Waals surface area contributed by atoms with Gasteiger partial charge < -0.3 is 9.47 Å². The third kappa shape index (κ3) is 1.66. The average Bonchev–Trinajstić information content (AvgIpc) is 2.61. The largest absolute Gasteiger partial charge is 0.455 e. The third-order valence-electron chi connectivity index (χ3n) is 1.73. The summed E-state index contributed by atoms with van der Waals surface area (Å²) >= 11 is 0. The molecule has 2 rings (SSSR count). The van der Waals surface area contributed by atoms with E-state index in [0.29, 0.717) is 17.1 Å². The molecule has 1 heterocycles. The number of benzene rings is 1. The highest BCUT2D eigenvalue weighted by molar-refractivity contribution is 5.54. The zero-order valence-electron chi connectivity index (χ0n) is 7.10. The standard InChI is InChI=1S/C9H6NO4/c11-10(12)4-3-7-1-2-8-9(5-7)14-6-13-8/h1-3,5H,6H2/q-1. The Labute approximate surface area is 79.7 Å². The predicted molar refractivity (Wildman–Crippen MR) is 47.3 cm³/mol. The van der Waals surface area contributed by atoms with Crippen molar-refractivity contribution in [1.82, 2.24) is 0 Å². The van der Waals surface area contributed by atoms with E-state index in [0.717, 1.165) is 0 Å². The van der Waals surface area contributed by atoms with Crippen LogP contribution in [-0.4, -0.2) is 11.7 Å². The van der Waals surface area contributed by atoms with E-state index in [1.165, 1.54) is 6.08 Å². The van der Waals surface area contributed by atoms with Crippen LogP contribution in [0.3, 0.4) is 0 Å². The molecule has 0 spiro atoms. The molecule has 0 atom stereocenters. The van der Waals surface area contributed by atoms with Crippen LogP contribution in [0, 0.1) is 16.3 Å². The van der Waals surface area contributed by atoms with Crippen LogP contribution in [0.4, 0.5) is 0 Å². The SMILES string of the molecule is O=[N+]([O-])[C-]=Cc1ccc2c(c1)OCO2. The highest BCUT2D eigenvalue weighted by Gasteiger charge is 2.09. The first-order chi connectivity index (χ1) is 6.75. The molecule has 5 heteroatoms. The molecule has 0 radical (unpaired) electrons.